The summed E-state index contributed by atoms with van der Waals surface area (Å²) in [4.78, 5) is 0. The van der Waals surface area contributed by atoms with Gasteiger partial charge in [-0.25, -0.2) is 0 Å². The zero-order chi connectivity index (χ0) is 22.2. The van der Waals surface area contributed by atoms with Crippen LogP contribution in [0, 0.1) is 27.7 Å². The summed E-state index contributed by atoms with van der Waals surface area (Å²) in [5.41, 5.74) is 13.3. The average Bonchev–Trinajstić information content (AvgIpc) is 3.21. The first-order valence-corrected chi connectivity index (χ1v) is 21.2. The van der Waals surface area contributed by atoms with Crippen LogP contribution < -0.4 is 0 Å². The van der Waals surface area contributed by atoms with Crippen LogP contribution >= 0.6 is 17.0 Å². The summed E-state index contributed by atoms with van der Waals surface area (Å²) in [6.07, 6.45) is 4.70. The van der Waals surface area contributed by atoms with Gasteiger partial charge in [-0.1, -0.05) is 0 Å². The fourth-order valence-electron chi connectivity index (χ4n) is 6.04. The van der Waals surface area contributed by atoms with E-state index >= 15 is 0 Å². The van der Waals surface area contributed by atoms with Crippen LogP contribution in [-0.2, 0) is 15.9 Å². The molecule has 30 heavy (non-hydrogen) atoms. The minimum absolute atomic E-state index is 0.105. The van der Waals surface area contributed by atoms with Crippen LogP contribution in [0.15, 0.2) is 35.4 Å². The Morgan fingerprint density at radius 3 is 1.30 bits per heavy atom. The molecular weight excluding hydrogens is 486 g/mol. The summed E-state index contributed by atoms with van der Waals surface area (Å²) in [6.45, 7) is 17.7. The van der Waals surface area contributed by atoms with Crippen molar-refractivity contribution in [1.29, 1.82) is 0 Å². The molecule has 0 saturated carbocycles. The van der Waals surface area contributed by atoms with Crippen molar-refractivity contribution >= 4 is 32.4 Å². The molecule has 0 aromatic heterocycles. The molecule has 2 unspecified atom stereocenters. The third kappa shape index (κ3) is 2.85. The van der Waals surface area contributed by atoms with Gasteiger partial charge in [-0.2, -0.15) is 0 Å². The van der Waals surface area contributed by atoms with Gasteiger partial charge in [0.15, 0.2) is 0 Å². The van der Waals surface area contributed by atoms with E-state index in [1.54, 1.807) is 0 Å². The second-order valence-corrected chi connectivity index (χ2v) is 31.6. The van der Waals surface area contributed by atoms with E-state index in [1.807, 2.05) is 0 Å². The first-order valence-electron chi connectivity index (χ1n) is 10.8. The summed E-state index contributed by atoms with van der Waals surface area (Å²) in [5.74, 6) is 0. The van der Waals surface area contributed by atoms with Crippen molar-refractivity contribution in [2.24, 2.45) is 0 Å². The molecule has 158 valence electrons. The van der Waals surface area contributed by atoms with Crippen molar-refractivity contribution in [2.75, 3.05) is 0 Å². The van der Waals surface area contributed by atoms with Crippen molar-refractivity contribution in [2.45, 2.75) is 62.6 Å². The topological polar surface area (TPSA) is 0 Å². The number of rotatable bonds is 2. The summed E-state index contributed by atoms with van der Waals surface area (Å²) in [7, 11) is 16.2. The van der Waals surface area contributed by atoms with Crippen LogP contribution in [0.5, 0.6) is 0 Å². The first-order chi connectivity index (χ1) is 13.9. The Labute approximate surface area is 189 Å². The van der Waals surface area contributed by atoms with Crippen LogP contribution in [0.1, 0.15) is 79.5 Å². The van der Waals surface area contributed by atoms with Gasteiger partial charge in [0.1, 0.15) is 0 Å². The van der Waals surface area contributed by atoms with Gasteiger partial charge in [-0.05, 0) is 0 Å². The van der Waals surface area contributed by atoms with Gasteiger partial charge >= 0.3 is 191 Å². The number of hydrogen-bond donors (Lipinski definition) is 0. The zero-order valence-corrected chi connectivity index (χ0v) is 23.3. The van der Waals surface area contributed by atoms with Crippen molar-refractivity contribution in [3.8, 4) is 0 Å². The predicted molar refractivity (Wildman–Crippen MR) is 133 cm³/mol. The van der Waals surface area contributed by atoms with Crippen molar-refractivity contribution in [3.63, 3.8) is 0 Å². The molecule has 2 aliphatic rings. The zero-order valence-electron chi connectivity index (χ0n) is 19.4. The van der Waals surface area contributed by atoms with E-state index in [0.29, 0.717) is 0 Å². The quantitative estimate of drug-likeness (QED) is 0.373. The molecule has 0 radical (unpaired) electrons. The van der Waals surface area contributed by atoms with Crippen molar-refractivity contribution in [3.05, 3.63) is 79.9 Å². The molecule has 0 nitrogen and oxygen atoms in total. The van der Waals surface area contributed by atoms with Gasteiger partial charge in [0.2, 0.25) is 0 Å². The molecule has 0 N–H and O–H groups in total. The van der Waals surface area contributed by atoms with Gasteiger partial charge in [0.25, 0.3) is 0 Å². The Bertz CT molecular complexity index is 1140. The summed E-state index contributed by atoms with van der Waals surface area (Å²) in [6, 6.07) is 8.92. The number of allylic oxidation sites excluding steroid dienone is 2. The van der Waals surface area contributed by atoms with Gasteiger partial charge in [-0.15, -0.1) is 0 Å². The Morgan fingerprint density at radius 1 is 0.633 bits per heavy atom. The van der Waals surface area contributed by atoms with Gasteiger partial charge in [0.05, 0.1) is 0 Å². The maximum atomic E-state index is 8.09. The van der Waals surface area contributed by atoms with Crippen LogP contribution in [0.2, 0.25) is 0 Å². The van der Waals surface area contributed by atoms with Gasteiger partial charge < -0.3 is 0 Å². The fourth-order valence-corrected chi connectivity index (χ4v) is 25.4. The number of aryl methyl sites for hydroxylation is 4. The summed E-state index contributed by atoms with van der Waals surface area (Å²) >= 11 is -4.68. The molecule has 3 heteroatoms. The first kappa shape index (κ1) is 22.4. The van der Waals surface area contributed by atoms with E-state index in [4.69, 9.17) is 17.0 Å². The molecule has 0 saturated heterocycles. The summed E-state index contributed by atoms with van der Waals surface area (Å²) in [5, 5.41) is 0. The van der Waals surface area contributed by atoms with Crippen molar-refractivity contribution in [1.82, 2.24) is 0 Å². The maximum absolute atomic E-state index is 8.09. The number of halogens is 2. The van der Waals surface area contributed by atoms with Gasteiger partial charge in [-0.3, -0.25) is 0 Å². The molecule has 2 aromatic rings. The van der Waals surface area contributed by atoms with E-state index in [2.05, 4.69) is 91.8 Å². The molecule has 0 aliphatic heterocycles. The van der Waals surface area contributed by atoms with Crippen LogP contribution in [-0.4, -0.2) is 3.21 Å². The van der Waals surface area contributed by atoms with Crippen LogP contribution in [0.3, 0.4) is 0 Å². The minimum atomic E-state index is -4.68. The second-order valence-electron chi connectivity index (χ2n) is 9.85. The molecule has 0 bridgehead atoms. The molecular formula is C27H32Cl2Zr. The Balaban J connectivity index is 2.12. The Kier molecular flexibility index (Phi) is 5.33. The number of benzene rings is 2. The molecule has 2 aromatic carbocycles. The third-order valence-corrected chi connectivity index (χ3v) is 30.9. The molecule has 0 amide bonds. The monoisotopic (exact) mass is 516 g/mol. The van der Waals surface area contributed by atoms with Crippen LogP contribution in [0.4, 0.5) is 0 Å². The molecule has 0 heterocycles. The van der Waals surface area contributed by atoms with Gasteiger partial charge in [0, 0.05) is 0 Å². The fraction of sp³-hybridized carbons (Fsp3) is 0.370. The van der Waals surface area contributed by atoms with E-state index in [0.717, 1.165) is 0 Å². The number of hydrogen-bond acceptors (Lipinski definition) is 0. The third-order valence-electron chi connectivity index (χ3n) is 7.69. The van der Waals surface area contributed by atoms with E-state index in [-0.39, 0.29) is 7.25 Å². The molecule has 0 spiro atoms. The number of fused-ring (bicyclic) bond motifs is 2. The molecule has 2 aliphatic carbocycles. The molecule has 4 rings (SSSR count). The van der Waals surface area contributed by atoms with Crippen molar-refractivity contribution < 1.29 is 15.9 Å². The second kappa shape index (κ2) is 7.13. The Morgan fingerprint density at radius 2 is 0.967 bits per heavy atom. The van der Waals surface area contributed by atoms with E-state index in [1.165, 1.54) is 58.9 Å². The predicted octanol–water partition coefficient (Wildman–Crippen LogP) is 8.75. The van der Waals surface area contributed by atoms with E-state index in [9.17, 15) is 0 Å². The summed E-state index contributed by atoms with van der Waals surface area (Å²) < 4.78 is 1.46. The average molecular weight is 519 g/mol. The SMILES string of the molecule is CC1=Cc2c(C)ccc(C)c2[CH]1[Zr]([Cl])([Cl])(=[C](C)C)[CH]1C(C)=Cc2c(C)ccc(C)c21. The van der Waals surface area contributed by atoms with E-state index < -0.39 is 15.9 Å². The molecule has 0 fully saturated rings. The normalized spacial score (nSPS) is 20.6. The van der Waals surface area contributed by atoms with Crippen LogP contribution in [0.25, 0.3) is 12.2 Å². The molecule has 2 atom stereocenters. The Hall–Kier alpha value is -0.747. The standard InChI is InChI=1S/2C12H13.C3H6.2ClH.Zr/c2*1-8-6-11-9(2)4-5-10(3)12(11)7-8;1-3-2;;;/h2*4-7H,1-3H3;1-2H3;2*1H;/q;;;;;+2/p-2.